The van der Waals surface area contributed by atoms with Crippen molar-refractivity contribution in [2.45, 2.75) is 33.2 Å². The molecular formula is C18H20N4O3. The van der Waals surface area contributed by atoms with Crippen molar-refractivity contribution < 1.29 is 9.32 Å². The van der Waals surface area contributed by atoms with Crippen LogP contribution in [0.5, 0.6) is 0 Å². The van der Waals surface area contributed by atoms with Crippen molar-refractivity contribution in [3.8, 4) is 0 Å². The number of hydrogen-bond donors (Lipinski definition) is 1. The van der Waals surface area contributed by atoms with Gasteiger partial charge < -0.3 is 14.4 Å². The Morgan fingerprint density at radius 2 is 2.20 bits per heavy atom. The number of amides is 1. The molecule has 0 fully saturated rings. The van der Waals surface area contributed by atoms with E-state index in [-0.39, 0.29) is 16.9 Å². The molecule has 0 saturated heterocycles. The van der Waals surface area contributed by atoms with Gasteiger partial charge >= 0.3 is 0 Å². The Bertz CT molecular complexity index is 945. The number of rotatable bonds is 6. The van der Waals surface area contributed by atoms with Gasteiger partial charge in [0.2, 0.25) is 5.43 Å². The van der Waals surface area contributed by atoms with E-state index < -0.39 is 0 Å². The quantitative estimate of drug-likeness (QED) is 0.694. The van der Waals surface area contributed by atoms with E-state index in [1.54, 1.807) is 30.8 Å². The van der Waals surface area contributed by atoms with Crippen molar-refractivity contribution in [1.82, 2.24) is 20.0 Å². The summed E-state index contributed by atoms with van der Waals surface area (Å²) in [5, 5.41) is 6.91. The highest BCUT2D eigenvalue weighted by Crippen LogP contribution is 2.11. The number of aromatic nitrogens is 3. The molecule has 25 heavy (non-hydrogen) atoms. The lowest BCUT2D eigenvalue weighted by Gasteiger charge is -2.11. The van der Waals surface area contributed by atoms with Gasteiger partial charge in [-0.05, 0) is 38.8 Å². The highest BCUT2D eigenvalue weighted by Gasteiger charge is 2.15. The molecular weight excluding hydrogens is 320 g/mol. The Kier molecular flexibility index (Phi) is 4.92. The minimum absolute atomic E-state index is 0.144. The minimum Gasteiger partial charge on any atom is -0.364 e. The summed E-state index contributed by atoms with van der Waals surface area (Å²) in [5.74, 6) is -0.361. The van der Waals surface area contributed by atoms with Crippen LogP contribution < -0.4 is 10.7 Å². The predicted octanol–water partition coefficient (Wildman–Crippen LogP) is 2.08. The monoisotopic (exact) mass is 340 g/mol. The summed E-state index contributed by atoms with van der Waals surface area (Å²) in [5.41, 5.74) is 2.28. The summed E-state index contributed by atoms with van der Waals surface area (Å²) >= 11 is 0. The number of hydrogen-bond acceptors (Lipinski definition) is 5. The normalized spacial score (nSPS) is 11.0. The number of carbonyl (C=O) groups excluding carboxylic acids is 1. The Labute approximate surface area is 144 Å². The van der Waals surface area contributed by atoms with E-state index in [0.717, 1.165) is 24.1 Å². The van der Waals surface area contributed by atoms with Crippen LogP contribution in [0.1, 0.15) is 35.0 Å². The van der Waals surface area contributed by atoms with Gasteiger partial charge in [0.15, 0.2) is 0 Å². The molecule has 1 N–H and O–H groups in total. The summed E-state index contributed by atoms with van der Waals surface area (Å²) in [6, 6.07) is 3.51. The molecule has 0 aliphatic rings. The van der Waals surface area contributed by atoms with Crippen molar-refractivity contribution in [3.05, 3.63) is 57.8 Å². The highest BCUT2D eigenvalue weighted by molar-refractivity contribution is 5.96. The molecule has 7 nitrogen and oxygen atoms in total. The van der Waals surface area contributed by atoms with Crippen LogP contribution >= 0.6 is 0 Å². The first-order valence-electron chi connectivity index (χ1n) is 8.27. The van der Waals surface area contributed by atoms with Crippen molar-refractivity contribution in [3.63, 3.8) is 0 Å². The zero-order valence-electron chi connectivity index (χ0n) is 14.3. The van der Waals surface area contributed by atoms with E-state index in [4.69, 9.17) is 4.52 Å². The maximum absolute atomic E-state index is 12.6. The molecule has 1 amide bonds. The fraction of sp³-hybridized carbons (Fsp3) is 0.333. The molecule has 0 aromatic carbocycles. The summed E-state index contributed by atoms with van der Waals surface area (Å²) in [7, 11) is 0. The van der Waals surface area contributed by atoms with Crippen LogP contribution in [0.25, 0.3) is 11.0 Å². The second-order valence-electron chi connectivity index (χ2n) is 5.87. The van der Waals surface area contributed by atoms with Crippen LogP contribution in [-0.4, -0.2) is 27.2 Å². The Morgan fingerprint density at radius 3 is 2.92 bits per heavy atom. The van der Waals surface area contributed by atoms with Gasteiger partial charge in [-0.1, -0.05) is 5.16 Å². The lowest BCUT2D eigenvalue weighted by Crippen LogP contribution is -2.31. The van der Waals surface area contributed by atoms with Gasteiger partial charge in [0.1, 0.15) is 17.5 Å². The largest absolute Gasteiger partial charge is 0.364 e. The second kappa shape index (κ2) is 7.29. The maximum atomic E-state index is 12.6. The second-order valence-corrected chi connectivity index (χ2v) is 5.87. The fourth-order valence-electron chi connectivity index (χ4n) is 2.70. The standard InChI is InChI=1S/C18H20N4O3/c1-3-22-10-15(16(23)14-7-6-12(2)21-17(14)22)18(24)19-8-4-5-13-9-20-25-11-13/h6-7,9-11H,3-5,8H2,1-2H3,(H,19,24). The van der Waals surface area contributed by atoms with Crippen molar-refractivity contribution >= 4 is 16.9 Å². The Balaban J connectivity index is 1.78. The topological polar surface area (TPSA) is 90.0 Å². The third kappa shape index (κ3) is 3.60. The zero-order chi connectivity index (χ0) is 17.8. The number of fused-ring (bicyclic) bond motifs is 1. The Morgan fingerprint density at radius 1 is 1.36 bits per heavy atom. The predicted molar refractivity (Wildman–Crippen MR) is 93.6 cm³/mol. The van der Waals surface area contributed by atoms with E-state index >= 15 is 0 Å². The molecule has 3 rings (SSSR count). The van der Waals surface area contributed by atoms with Gasteiger partial charge in [0.05, 0.1) is 11.6 Å². The lowest BCUT2D eigenvalue weighted by atomic mass is 10.1. The Hall–Kier alpha value is -2.96. The van der Waals surface area contributed by atoms with Gasteiger partial charge in [0.25, 0.3) is 5.91 Å². The fourth-order valence-corrected chi connectivity index (χ4v) is 2.70. The van der Waals surface area contributed by atoms with Crippen molar-refractivity contribution in [2.24, 2.45) is 0 Å². The number of carbonyl (C=O) groups is 1. The third-order valence-corrected chi connectivity index (χ3v) is 4.06. The minimum atomic E-state index is -0.361. The summed E-state index contributed by atoms with van der Waals surface area (Å²) < 4.78 is 6.59. The van der Waals surface area contributed by atoms with Gasteiger partial charge in [-0.2, -0.15) is 0 Å². The first kappa shape index (κ1) is 16.9. The number of nitrogens with zero attached hydrogens (tertiary/aromatic N) is 3. The third-order valence-electron chi connectivity index (χ3n) is 4.06. The molecule has 7 heteroatoms. The first-order valence-corrected chi connectivity index (χ1v) is 8.27. The smallest absolute Gasteiger partial charge is 0.256 e. The van der Waals surface area contributed by atoms with E-state index in [1.807, 2.05) is 18.4 Å². The van der Waals surface area contributed by atoms with Crippen molar-refractivity contribution in [2.75, 3.05) is 6.54 Å². The van der Waals surface area contributed by atoms with Crippen LogP contribution in [0.4, 0.5) is 0 Å². The van der Waals surface area contributed by atoms with Crippen LogP contribution in [0, 0.1) is 6.92 Å². The van der Waals surface area contributed by atoms with Crippen LogP contribution in [0.2, 0.25) is 0 Å². The summed E-state index contributed by atoms with van der Waals surface area (Å²) in [6.45, 7) is 4.93. The molecule has 3 heterocycles. The van der Waals surface area contributed by atoms with Crippen LogP contribution in [0.15, 0.2) is 40.1 Å². The van der Waals surface area contributed by atoms with Gasteiger partial charge in [0, 0.05) is 30.5 Å². The number of aryl methyl sites for hydroxylation is 3. The molecule has 0 spiro atoms. The molecule has 0 atom stereocenters. The number of pyridine rings is 2. The highest BCUT2D eigenvalue weighted by atomic mass is 16.5. The van der Waals surface area contributed by atoms with Gasteiger partial charge in [-0.3, -0.25) is 9.59 Å². The van der Waals surface area contributed by atoms with E-state index in [1.165, 1.54) is 0 Å². The van der Waals surface area contributed by atoms with Gasteiger partial charge in [-0.25, -0.2) is 4.98 Å². The maximum Gasteiger partial charge on any atom is 0.256 e. The summed E-state index contributed by atoms with van der Waals surface area (Å²) in [6.07, 6.45) is 6.32. The molecule has 0 radical (unpaired) electrons. The van der Waals surface area contributed by atoms with E-state index in [9.17, 15) is 9.59 Å². The molecule has 0 saturated carbocycles. The number of nitrogens with one attached hydrogen (secondary N) is 1. The lowest BCUT2D eigenvalue weighted by molar-refractivity contribution is 0.0951. The van der Waals surface area contributed by atoms with E-state index in [2.05, 4.69) is 15.5 Å². The molecule has 0 aliphatic heterocycles. The molecule has 130 valence electrons. The van der Waals surface area contributed by atoms with Crippen LogP contribution in [0.3, 0.4) is 0 Å². The molecule has 3 aromatic rings. The van der Waals surface area contributed by atoms with Gasteiger partial charge in [-0.15, -0.1) is 0 Å². The molecule has 0 bridgehead atoms. The summed E-state index contributed by atoms with van der Waals surface area (Å²) in [4.78, 5) is 29.5. The van der Waals surface area contributed by atoms with Crippen LogP contribution in [-0.2, 0) is 13.0 Å². The molecule has 0 unspecified atom stereocenters. The average molecular weight is 340 g/mol. The zero-order valence-corrected chi connectivity index (χ0v) is 14.3. The first-order chi connectivity index (χ1) is 12.1. The van der Waals surface area contributed by atoms with Crippen molar-refractivity contribution in [1.29, 1.82) is 0 Å². The molecule has 0 aliphatic carbocycles. The van der Waals surface area contributed by atoms with E-state index in [0.29, 0.717) is 24.1 Å². The average Bonchev–Trinajstić information content (AvgIpc) is 3.12. The SMILES string of the molecule is CCn1cc(C(=O)NCCCc2cnoc2)c(=O)c2ccc(C)nc21. The molecule has 3 aromatic heterocycles.